The van der Waals surface area contributed by atoms with E-state index < -0.39 is 72.3 Å². The lowest BCUT2D eigenvalue weighted by molar-refractivity contribution is -0.180. The number of halogens is 1. The molecule has 0 spiro atoms. The van der Waals surface area contributed by atoms with Gasteiger partial charge in [0.1, 0.15) is 11.7 Å². The third-order valence-electron chi connectivity index (χ3n) is 5.79. The maximum absolute atomic E-state index is 12.8. The van der Waals surface area contributed by atoms with Gasteiger partial charge in [0, 0.05) is 20.9 Å². The van der Waals surface area contributed by atoms with Gasteiger partial charge >= 0.3 is 30.0 Å². The summed E-state index contributed by atoms with van der Waals surface area (Å²) in [7, 11) is 1.36. The van der Waals surface area contributed by atoms with Crippen LogP contribution in [0.4, 0.5) is 10.6 Å². The molecule has 1 amide bonds. The molecule has 232 valence electrons. The van der Waals surface area contributed by atoms with Crippen LogP contribution in [0, 0.1) is 12.3 Å². The van der Waals surface area contributed by atoms with Crippen LogP contribution in [0.3, 0.4) is 0 Å². The molecule has 0 saturated carbocycles. The van der Waals surface area contributed by atoms with Gasteiger partial charge in [-0.2, -0.15) is 9.97 Å². The number of carboxylic acids is 2. The fourth-order valence-corrected chi connectivity index (χ4v) is 4.31. The van der Waals surface area contributed by atoms with Crippen LogP contribution in [0.15, 0.2) is 6.33 Å². The van der Waals surface area contributed by atoms with Gasteiger partial charge in [-0.25, -0.2) is 19.4 Å². The Kier molecular flexibility index (Phi) is 9.49. The Morgan fingerprint density at radius 1 is 1.19 bits per heavy atom. The summed E-state index contributed by atoms with van der Waals surface area (Å²) in [5, 5.41) is 18.1. The number of esters is 2. The molecule has 1 saturated heterocycles. The molecule has 1 fully saturated rings. The second kappa shape index (κ2) is 12.4. The summed E-state index contributed by atoms with van der Waals surface area (Å²) in [5.41, 5.74) is -3.15. The topological polar surface area (TPSA) is 219 Å². The van der Waals surface area contributed by atoms with E-state index in [0.717, 1.165) is 18.7 Å². The van der Waals surface area contributed by atoms with Crippen LogP contribution in [0.2, 0.25) is 5.28 Å². The summed E-state index contributed by atoms with van der Waals surface area (Å²) in [5.74, 6) is -3.32. The molecule has 0 bridgehead atoms. The highest BCUT2D eigenvalue weighted by atomic mass is 35.5. The zero-order chi connectivity index (χ0) is 32.4. The second-order valence-corrected chi connectivity index (χ2v) is 10.5. The summed E-state index contributed by atoms with van der Waals surface area (Å²) in [6.45, 7) is 6.20. The molecular formula is C25H28ClN5O12. The molecule has 0 unspecified atom stereocenters. The molecule has 0 aliphatic carbocycles. The third-order valence-corrected chi connectivity index (χ3v) is 5.96. The van der Waals surface area contributed by atoms with E-state index in [2.05, 4.69) is 20.9 Å². The number of imidazole rings is 1. The third kappa shape index (κ3) is 6.93. The lowest BCUT2D eigenvalue weighted by atomic mass is 9.92. The van der Waals surface area contributed by atoms with Crippen LogP contribution in [0.5, 0.6) is 0 Å². The number of rotatable bonds is 9. The molecule has 3 heterocycles. The molecule has 0 aromatic carbocycles. The smallest absolute Gasteiger partial charge is 0.415 e. The Balaban J connectivity index is 2.16. The van der Waals surface area contributed by atoms with Crippen molar-refractivity contribution in [2.45, 2.75) is 70.4 Å². The van der Waals surface area contributed by atoms with E-state index >= 15 is 0 Å². The SMILES string of the molecule is C#C[C@@]1(OC(C)=O)[C@@H](COC(C(=O)O)C(=O)O)O[C@@H](n2cnc3c(N(C)C(=O)OC(C)(C)C)nc(Cl)nc32)[C@@H]1OC(C)=O. The van der Waals surface area contributed by atoms with Crippen molar-refractivity contribution in [3.8, 4) is 12.3 Å². The average Bonchev–Trinajstić information content (AvgIpc) is 3.40. The predicted molar refractivity (Wildman–Crippen MR) is 143 cm³/mol. The van der Waals surface area contributed by atoms with Crippen molar-refractivity contribution in [2.75, 3.05) is 18.6 Å². The van der Waals surface area contributed by atoms with Gasteiger partial charge in [-0.05, 0) is 32.4 Å². The van der Waals surface area contributed by atoms with E-state index in [1.807, 2.05) is 0 Å². The van der Waals surface area contributed by atoms with Gasteiger partial charge < -0.3 is 33.9 Å². The van der Waals surface area contributed by atoms with Crippen molar-refractivity contribution < 1.29 is 57.9 Å². The first kappa shape index (κ1) is 33.0. The molecule has 2 aromatic heterocycles. The molecule has 43 heavy (non-hydrogen) atoms. The van der Waals surface area contributed by atoms with Crippen molar-refractivity contribution in [1.29, 1.82) is 0 Å². The zero-order valence-electron chi connectivity index (χ0n) is 23.8. The zero-order valence-corrected chi connectivity index (χ0v) is 24.5. The second-order valence-electron chi connectivity index (χ2n) is 10.1. The van der Waals surface area contributed by atoms with Crippen LogP contribution in [-0.2, 0) is 42.9 Å². The van der Waals surface area contributed by atoms with Crippen molar-refractivity contribution in [1.82, 2.24) is 19.5 Å². The van der Waals surface area contributed by atoms with Gasteiger partial charge in [0.2, 0.25) is 17.0 Å². The van der Waals surface area contributed by atoms with Crippen LogP contribution in [0.1, 0.15) is 40.8 Å². The molecule has 18 heteroatoms. The molecule has 4 atom stereocenters. The Morgan fingerprint density at radius 2 is 1.81 bits per heavy atom. The lowest BCUT2D eigenvalue weighted by Gasteiger charge is -2.32. The Labute approximate surface area is 249 Å². The highest BCUT2D eigenvalue weighted by Crippen LogP contribution is 2.43. The standard InChI is InChI=1S/C25H28ClN5O12/c1-8-25(42-12(3)33)13(9-39-15(20(34)35)21(36)37)41-19(16(25)40-11(2)32)31-10-27-14-17(28-22(26)29-18(14)31)30(7)23(38)43-24(4,5)6/h1,10,13,15-16,19H,9H2,2-7H3,(H,34,35)(H,36,37)/t13-,16+,19-,25-/m1/s1. The molecule has 1 aliphatic rings. The minimum absolute atomic E-state index is 0.0123. The number of carbonyl (C=O) groups is 5. The fraction of sp³-hybridized carbons (Fsp3) is 0.520. The van der Waals surface area contributed by atoms with Crippen LogP contribution >= 0.6 is 11.6 Å². The first-order valence-electron chi connectivity index (χ1n) is 12.4. The maximum atomic E-state index is 12.8. The summed E-state index contributed by atoms with van der Waals surface area (Å²) in [4.78, 5) is 73.5. The van der Waals surface area contributed by atoms with Crippen LogP contribution < -0.4 is 4.90 Å². The van der Waals surface area contributed by atoms with Gasteiger partial charge in [0.25, 0.3) is 6.10 Å². The highest BCUT2D eigenvalue weighted by molar-refractivity contribution is 6.28. The Bertz CT molecular complexity index is 1480. The first-order valence-corrected chi connectivity index (χ1v) is 12.7. The van der Waals surface area contributed by atoms with E-state index in [-0.39, 0.29) is 22.3 Å². The van der Waals surface area contributed by atoms with E-state index in [0.29, 0.717) is 0 Å². The monoisotopic (exact) mass is 625 g/mol. The largest absolute Gasteiger partial charge is 0.479 e. The molecule has 2 N–H and O–H groups in total. The molecular weight excluding hydrogens is 598 g/mol. The predicted octanol–water partition coefficient (Wildman–Crippen LogP) is 1.17. The number of nitrogens with zero attached hydrogens (tertiary/aromatic N) is 5. The Morgan fingerprint density at radius 3 is 2.33 bits per heavy atom. The summed E-state index contributed by atoms with van der Waals surface area (Å²) < 4.78 is 28.5. The van der Waals surface area contributed by atoms with E-state index in [9.17, 15) is 34.2 Å². The molecule has 2 aromatic rings. The quantitative estimate of drug-likeness (QED) is 0.131. The van der Waals surface area contributed by atoms with Crippen molar-refractivity contribution >= 4 is 58.6 Å². The van der Waals surface area contributed by atoms with E-state index in [1.165, 1.54) is 17.9 Å². The normalized spacial score (nSPS) is 21.7. The van der Waals surface area contributed by atoms with Crippen molar-refractivity contribution in [2.24, 2.45) is 0 Å². The summed E-state index contributed by atoms with van der Waals surface area (Å²) >= 11 is 6.19. The molecule has 17 nitrogen and oxygen atoms in total. The van der Waals surface area contributed by atoms with Gasteiger partial charge in [-0.15, -0.1) is 6.42 Å². The van der Waals surface area contributed by atoms with Gasteiger partial charge in [0.15, 0.2) is 23.2 Å². The number of ether oxygens (including phenoxy) is 5. The molecule has 1 aliphatic heterocycles. The minimum atomic E-state index is -2.34. The number of carbonyl (C=O) groups excluding carboxylic acids is 3. The van der Waals surface area contributed by atoms with Crippen molar-refractivity contribution in [3.05, 3.63) is 11.6 Å². The van der Waals surface area contributed by atoms with E-state index in [1.54, 1.807) is 20.8 Å². The van der Waals surface area contributed by atoms with Crippen molar-refractivity contribution in [3.63, 3.8) is 0 Å². The Hall–Kier alpha value is -4.53. The minimum Gasteiger partial charge on any atom is -0.479 e. The van der Waals surface area contributed by atoms with Crippen LogP contribution in [-0.4, -0.2) is 103 Å². The number of carboxylic acid groups (broad SMARTS) is 2. The number of amides is 1. The van der Waals surface area contributed by atoms with Gasteiger partial charge in [-0.1, -0.05) is 5.92 Å². The number of terminal acetylenes is 1. The van der Waals surface area contributed by atoms with Gasteiger partial charge in [0.05, 0.1) is 12.9 Å². The summed E-state index contributed by atoms with van der Waals surface area (Å²) in [6.07, 6.45) is -0.900. The number of aliphatic carboxylic acids is 2. The highest BCUT2D eigenvalue weighted by Gasteiger charge is 2.62. The number of hydrogen-bond donors (Lipinski definition) is 2. The first-order chi connectivity index (χ1) is 19.9. The summed E-state index contributed by atoms with van der Waals surface area (Å²) in [6, 6.07) is 0. The number of hydrogen-bond acceptors (Lipinski definition) is 13. The number of fused-ring (bicyclic) bond motifs is 1. The fourth-order valence-electron chi connectivity index (χ4n) is 4.15. The number of aromatic nitrogens is 4. The van der Waals surface area contributed by atoms with Crippen LogP contribution in [0.25, 0.3) is 11.2 Å². The average molecular weight is 626 g/mol. The number of anilines is 1. The maximum Gasteiger partial charge on any atom is 0.415 e. The molecule has 3 rings (SSSR count). The molecule has 0 radical (unpaired) electrons. The van der Waals surface area contributed by atoms with Gasteiger partial charge in [-0.3, -0.25) is 19.1 Å². The van der Waals surface area contributed by atoms with E-state index in [4.69, 9.17) is 41.7 Å². The lowest BCUT2D eigenvalue weighted by Crippen LogP contribution is -2.53.